The number of aromatic hydroxyl groups is 1. The highest BCUT2D eigenvalue weighted by Gasteiger charge is 1.94. The number of hydrogen-bond acceptors (Lipinski definition) is 2. The van der Waals surface area contributed by atoms with Crippen LogP contribution in [-0.4, -0.2) is 5.11 Å². The second-order valence-corrected chi connectivity index (χ2v) is 3.36. The molecule has 3 heteroatoms. The van der Waals surface area contributed by atoms with E-state index in [9.17, 15) is 4.39 Å². The van der Waals surface area contributed by atoms with Gasteiger partial charge >= 0.3 is 0 Å². The predicted octanol–water partition coefficient (Wildman–Crippen LogP) is 3.11. The Morgan fingerprint density at radius 1 is 1.06 bits per heavy atom. The van der Waals surface area contributed by atoms with E-state index in [4.69, 9.17) is 10.8 Å². The minimum absolute atomic E-state index is 0.209. The van der Waals surface area contributed by atoms with E-state index < -0.39 is 0 Å². The third-order valence-corrected chi connectivity index (χ3v) is 1.91. The van der Waals surface area contributed by atoms with Crippen molar-refractivity contribution in [2.45, 2.75) is 6.92 Å². The molecule has 3 N–H and O–H groups in total. The van der Waals surface area contributed by atoms with Gasteiger partial charge in [-0.15, -0.1) is 0 Å². The van der Waals surface area contributed by atoms with Crippen LogP contribution in [0, 0.1) is 12.7 Å². The lowest BCUT2D eigenvalue weighted by atomic mass is 10.2. The van der Waals surface area contributed by atoms with Crippen LogP contribution >= 0.6 is 0 Å². The van der Waals surface area contributed by atoms with Crippen LogP contribution in [0.5, 0.6) is 5.75 Å². The number of nitrogen functional groups attached to an aromatic ring is 1. The van der Waals surface area contributed by atoms with Crippen molar-refractivity contribution < 1.29 is 9.50 Å². The molecule has 2 aromatic carbocycles. The predicted molar refractivity (Wildman–Crippen MR) is 63.7 cm³/mol. The van der Waals surface area contributed by atoms with Gasteiger partial charge in [0.2, 0.25) is 0 Å². The second kappa shape index (κ2) is 5.75. The van der Waals surface area contributed by atoms with Gasteiger partial charge in [0.25, 0.3) is 0 Å². The number of hydrogen-bond donors (Lipinski definition) is 2. The van der Waals surface area contributed by atoms with Crippen LogP contribution in [0.3, 0.4) is 0 Å². The summed E-state index contributed by atoms with van der Waals surface area (Å²) in [6.45, 7) is 1.82. The Kier molecular flexibility index (Phi) is 4.33. The minimum atomic E-state index is -0.338. The maximum absolute atomic E-state index is 12.5. The molecule has 0 aliphatic heterocycles. The quantitative estimate of drug-likeness (QED) is 0.669. The van der Waals surface area contributed by atoms with Crippen molar-refractivity contribution in [2.24, 2.45) is 0 Å². The Morgan fingerprint density at radius 2 is 1.69 bits per heavy atom. The van der Waals surface area contributed by atoms with E-state index in [0.29, 0.717) is 5.75 Å². The van der Waals surface area contributed by atoms with Crippen molar-refractivity contribution in [3.8, 4) is 5.75 Å². The molecule has 16 heavy (non-hydrogen) atoms. The zero-order valence-electron chi connectivity index (χ0n) is 9.02. The molecule has 0 radical (unpaired) electrons. The highest BCUT2D eigenvalue weighted by molar-refractivity contribution is 5.40. The summed E-state index contributed by atoms with van der Waals surface area (Å²) in [6, 6.07) is 13.5. The van der Waals surface area contributed by atoms with E-state index in [2.05, 4.69) is 0 Å². The monoisotopic (exact) mass is 219 g/mol. The molecule has 0 unspecified atom stereocenters. The molecule has 0 spiro atoms. The van der Waals surface area contributed by atoms with Crippen LogP contribution in [0.25, 0.3) is 0 Å². The van der Waals surface area contributed by atoms with Crippen LogP contribution < -0.4 is 5.73 Å². The zero-order valence-corrected chi connectivity index (χ0v) is 9.02. The summed E-state index contributed by atoms with van der Waals surface area (Å²) in [5.74, 6) is -0.0162. The van der Waals surface area contributed by atoms with E-state index in [1.807, 2.05) is 13.0 Å². The van der Waals surface area contributed by atoms with Gasteiger partial charge in [0, 0.05) is 0 Å². The summed E-state index contributed by atoms with van der Waals surface area (Å²) in [6.07, 6.45) is 0. The number of anilines is 1. The Hall–Kier alpha value is -2.03. The van der Waals surface area contributed by atoms with E-state index >= 15 is 0 Å². The molecule has 2 aromatic rings. The van der Waals surface area contributed by atoms with E-state index in [1.165, 1.54) is 6.07 Å². The van der Waals surface area contributed by atoms with Gasteiger partial charge in [-0.25, -0.2) is 4.39 Å². The number of benzene rings is 2. The van der Waals surface area contributed by atoms with Crippen molar-refractivity contribution in [2.75, 3.05) is 5.73 Å². The summed E-state index contributed by atoms with van der Waals surface area (Å²) < 4.78 is 12.5. The smallest absolute Gasteiger partial charge is 0.146 e. The second-order valence-electron chi connectivity index (χ2n) is 3.36. The Balaban J connectivity index is 0.000000165. The first-order valence-corrected chi connectivity index (χ1v) is 4.85. The van der Waals surface area contributed by atoms with Crippen molar-refractivity contribution in [1.29, 1.82) is 0 Å². The number of para-hydroxylation sites is 1. The van der Waals surface area contributed by atoms with Crippen molar-refractivity contribution in [3.05, 3.63) is 59.9 Å². The SMILES string of the molecule is Cc1ccc(N)c(F)c1.Oc1ccccc1. The van der Waals surface area contributed by atoms with Gasteiger partial charge in [-0.1, -0.05) is 24.3 Å². The fourth-order valence-corrected chi connectivity index (χ4v) is 1.06. The summed E-state index contributed by atoms with van der Waals surface area (Å²) in [7, 11) is 0. The molecule has 0 aliphatic rings. The normalized spacial score (nSPS) is 9.12. The highest BCUT2D eigenvalue weighted by Crippen LogP contribution is 2.10. The number of aryl methyl sites for hydroxylation is 1. The van der Waals surface area contributed by atoms with Gasteiger partial charge in [-0.3, -0.25) is 0 Å². The summed E-state index contributed by atoms with van der Waals surface area (Å²) >= 11 is 0. The molecule has 0 saturated heterocycles. The molecular weight excluding hydrogens is 205 g/mol. The molecule has 0 aromatic heterocycles. The van der Waals surface area contributed by atoms with Crippen molar-refractivity contribution >= 4 is 5.69 Å². The number of phenolic OH excluding ortho intramolecular Hbond substituents is 1. The Bertz CT molecular complexity index is 443. The summed E-state index contributed by atoms with van der Waals surface area (Å²) in [5, 5.41) is 8.63. The van der Waals surface area contributed by atoms with E-state index in [0.717, 1.165) is 5.56 Å². The maximum Gasteiger partial charge on any atom is 0.146 e. The van der Waals surface area contributed by atoms with E-state index in [1.54, 1.807) is 36.4 Å². The lowest BCUT2D eigenvalue weighted by molar-refractivity contribution is 0.475. The summed E-state index contributed by atoms with van der Waals surface area (Å²) in [5.41, 5.74) is 6.31. The van der Waals surface area contributed by atoms with Gasteiger partial charge < -0.3 is 10.8 Å². The van der Waals surface area contributed by atoms with Crippen LogP contribution in [0.4, 0.5) is 10.1 Å². The van der Waals surface area contributed by atoms with Gasteiger partial charge in [0.15, 0.2) is 0 Å². The van der Waals surface area contributed by atoms with Crippen LogP contribution in [-0.2, 0) is 0 Å². The van der Waals surface area contributed by atoms with Gasteiger partial charge in [0.05, 0.1) is 5.69 Å². The molecule has 0 fully saturated rings. The molecule has 0 aliphatic carbocycles. The average Bonchev–Trinajstić information content (AvgIpc) is 2.26. The number of halogens is 1. The van der Waals surface area contributed by atoms with Crippen LogP contribution in [0.2, 0.25) is 0 Å². The largest absolute Gasteiger partial charge is 0.508 e. The molecule has 84 valence electrons. The third-order valence-electron chi connectivity index (χ3n) is 1.91. The lowest BCUT2D eigenvalue weighted by Crippen LogP contribution is -1.89. The fourth-order valence-electron chi connectivity index (χ4n) is 1.06. The Morgan fingerprint density at radius 3 is 2.06 bits per heavy atom. The lowest BCUT2D eigenvalue weighted by Gasteiger charge is -1.94. The van der Waals surface area contributed by atoms with Crippen molar-refractivity contribution in [1.82, 2.24) is 0 Å². The molecule has 0 atom stereocenters. The minimum Gasteiger partial charge on any atom is -0.508 e. The molecule has 2 rings (SSSR count). The van der Waals surface area contributed by atoms with Gasteiger partial charge in [0.1, 0.15) is 11.6 Å². The fraction of sp³-hybridized carbons (Fsp3) is 0.0769. The first-order chi connectivity index (χ1) is 7.59. The first kappa shape index (κ1) is 12.0. The average molecular weight is 219 g/mol. The molecular formula is C13H14FNO. The third kappa shape index (κ3) is 4.00. The molecule has 0 saturated carbocycles. The number of rotatable bonds is 0. The molecule has 0 heterocycles. The molecule has 0 amide bonds. The Labute approximate surface area is 94.2 Å². The molecule has 0 bridgehead atoms. The maximum atomic E-state index is 12.5. The summed E-state index contributed by atoms with van der Waals surface area (Å²) in [4.78, 5) is 0. The first-order valence-electron chi connectivity index (χ1n) is 4.85. The number of phenols is 1. The van der Waals surface area contributed by atoms with Crippen molar-refractivity contribution in [3.63, 3.8) is 0 Å². The standard InChI is InChI=1S/C7H8FN.C6H6O/c1-5-2-3-7(9)6(8)4-5;7-6-4-2-1-3-5-6/h2-4H,9H2,1H3;1-5,7H. The number of nitrogens with two attached hydrogens (primary N) is 1. The van der Waals surface area contributed by atoms with Crippen LogP contribution in [0.15, 0.2) is 48.5 Å². The van der Waals surface area contributed by atoms with Crippen LogP contribution in [0.1, 0.15) is 5.56 Å². The topological polar surface area (TPSA) is 46.2 Å². The van der Waals surface area contributed by atoms with E-state index in [-0.39, 0.29) is 11.5 Å². The zero-order chi connectivity index (χ0) is 12.0. The van der Waals surface area contributed by atoms with Gasteiger partial charge in [-0.2, -0.15) is 0 Å². The van der Waals surface area contributed by atoms with Gasteiger partial charge in [-0.05, 0) is 36.8 Å². The molecule has 2 nitrogen and oxygen atoms in total. The highest BCUT2D eigenvalue weighted by atomic mass is 19.1.